The van der Waals surface area contributed by atoms with E-state index in [1.165, 1.54) is 55.0 Å². The molecular weight excluding hydrogens is 456 g/mol. The van der Waals surface area contributed by atoms with E-state index >= 15 is 0 Å². The molecule has 38 heavy (non-hydrogen) atoms. The highest BCUT2D eigenvalue weighted by molar-refractivity contribution is 5.67. The predicted molar refractivity (Wildman–Crippen MR) is 167 cm³/mol. The lowest BCUT2D eigenvalue weighted by atomic mass is 9.93. The van der Waals surface area contributed by atoms with Crippen LogP contribution in [0.4, 0.5) is 0 Å². The second-order valence-electron chi connectivity index (χ2n) is 9.85. The minimum atomic E-state index is 0.965. The van der Waals surface area contributed by atoms with Gasteiger partial charge in [-0.3, -0.25) is 0 Å². The summed E-state index contributed by atoms with van der Waals surface area (Å²) in [4.78, 5) is 0. The highest BCUT2D eigenvalue weighted by Crippen LogP contribution is 2.24. The van der Waals surface area contributed by atoms with Crippen LogP contribution in [0.2, 0.25) is 0 Å². The molecule has 0 aliphatic heterocycles. The normalized spacial score (nSPS) is 13.2. The zero-order valence-corrected chi connectivity index (χ0v) is 23.0. The van der Waals surface area contributed by atoms with Crippen molar-refractivity contribution in [2.45, 2.75) is 40.0 Å². The molecule has 0 spiro atoms. The first-order chi connectivity index (χ1) is 18.6. The van der Waals surface area contributed by atoms with Gasteiger partial charge in [0.1, 0.15) is 0 Å². The smallest absolute Gasteiger partial charge is 0.00204 e. The fraction of sp³-hybridized carbons (Fsp3) is 0.158. The Morgan fingerprint density at radius 2 is 1.42 bits per heavy atom. The number of hydrogen-bond acceptors (Lipinski definition) is 0. The molecular formula is C38H38. The van der Waals surface area contributed by atoms with Gasteiger partial charge in [0.05, 0.1) is 0 Å². The average Bonchev–Trinajstić information content (AvgIpc) is 2.95. The van der Waals surface area contributed by atoms with Crippen molar-refractivity contribution in [1.82, 2.24) is 0 Å². The molecule has 0 amide bonds. The van der Waals surface area contributed by atoms with Crippen LogP contribution in [0, 0.1) is 13.8 Å². The SMILES string of the molecule is C=C/C=C\C=C1\C=c2ccc(-c3ccc(Cc4ccccc4CC)c(C)c3)cc2=CC1.Cc1ccccc1. The van der Waals surface area contributed by atoms with E-state index in [-0.39, 0.29) is 0 Å². The predicted octanol–water partition coefficient (Wildman–Crippen LogP) is 8.44. The third-order valence-corrected chi connectivity index (χ3v) is 7.04. The highest BCUT2D eigenvalue weighted by Gasteiger charge is 2.07. The first kappa shape index (κ1) is 26.9. The minimum absolute atomic E-state index is 0.965. The molecule has 5 rings (SSSR count). The number of aryl methyl sites for hydroxylation is 3. The molecule has 0 bridgehead atoms. The molecule has 0 unspecified atom stereocenters. The molecule has 4 aromatic carbocycles. The summed E-state index contributed by atoms with van der Waals surface area (Å²) in [5.41, 5.74) is 10.9. The van der Waals surface area contributed by atoms with Crippen LogP contribution in [-0.4, -0.2) is 0 Å². The summed E-state index contributed by atoms with van der Waals surface area (Å²) in [5.74, 6) is 0. The molecule has 0 radical (unpaired) electrons. The van der Waals surface area contributed by atoms with Crippen molar-refractivity contribution >= 4 is 12.2 Å². The highest BCUT2D eigenvalue weighted by atomic mass is 14.1. The molecule has 1 aliphatic carbocycles. The molecule has 0 heterocycles. The summed E-state index contributed by atoms with van der Waals surface area (Å²) in [6, 6.07) is 32.8. The van der Waals surface area contributed by atoms with E-state index in [4.69, 9.17) is 0 Å². The Labute approximate surface area is 228 Å². The van der Waals surface area contributed by atoms with Crippen molar-refractivity contribution in [1.29, 1.82) is 0 Å². The second-order valence-corrected chi connectivity index (χ2v) is 9.85. The van der Waals surface area contributed by atoms with Gasteiger partial charge < -0.3 is 0 Å². The maximum Gasteiger partial charge on any atom is -0.00204 e. The maximum atomic E-state index is 3.72. The average molecular weight is 495 g/mol. The molecule has 0 heteroatoms. The number of rotatable bonds is 6. The van der Waals surface area contributed by atoms with Gasteiger partial charge in [0.25, 0.3) is 0 Å². The van der Waals surface area contributed by atoms with E-state index in [0.29, 0.717) is 0 Å². The Bertz CT molecular complexity index is 1560. The summed E-state index contributed by atoms with van der Waals surface area (Å²) in [7, 11) is 0. The summed E-state index contributed by atoms with van der Waals surface area (Å²) >= 11 is 0. The van der Waals surface area contributed by atoms with Crippen LogP contribution in [0.1, 0.15) is 41.2 Å². The van der Waals surface area contributed by atoms with Crippen LogP contribution < -0.4 is 10.4 Å². The number of allylic oxidation sites excluding steroid dienone is 5. The van der Waals surface area contributed by atoms with E-state index in [0.717, 1.165) is 19.3 Å². The van der Waals surface area contributed by atoms with Gasteiger partial charge in [-0.05, 0) is 88.6 Å². The van der Waals surface area contributed by atoms with Gasteiger partial charge in [-0.2, -0.15) is 0 Å². The van der Waals surface area contributed by atoms with Gasteiger partial charge in [-0.15, -0.1) is 0 Å². The zero-order chi connectivity index (χ0) is 26.7. The quantitative estimate of drug-likeness (QED) is 0.236. The van der Waals surface area contributed by atoms with Crippen molar-refractivity contribution in [3.05, 3.63) is 166 Å². The fourth-order valence-electron chi connectivity index (χ4n) is 4.81. The molecule has 0 saturated heterocycles. The van der Waals surface area contributed by atoms with E-state index in [9.17, 15) is 0 Å². The Morgan fingerprint density at radius 1 is 0.711 bits per heavy atom. The molecule has 0 saturated carbocycles. The topological polar surface area (TPSA) is 0 Å². The lowest BCUT2D eigenvalue weighted by molar-refractivity contribution is 1.05. The van der Waals surface area contributed by atoms with Gasteiger partial charge >= 0.3 is 0 Å². The fourth-order valence-corrected chi connectivity index (χ4v) is 4.81. The molecule has 4 aromatic rings. The Morgan fingerprint density at radius 3 is 2.11 bits per heavy atom. The summed E-state index contributed by atoms with van der Waals surface area (Å²) in [6.45, 7) is 10.3. The van der Waals surface area contributed by atoms with Gasteiger partial charge in [-0.1, -0.05) is 140 Å². The van der Waals surface area contributed by atoms with Crippen LogP contribution in [0.15, 0.2) is 127 Å². The lowest BCUT2D eigenvalue weighted by Crippen LogP contribution is -2.26. The molecule has 0 atom stereocenters. The second kappa shape index (κ2) is 13.4. The van der Waals surface area contributed by atoms with E-state index in [1.807, 2.05) is 24.3 Å². The van der Waals surface area contributed by atoms with Crippen molar-refractivity contribution in [3.8, 4) is 11.1 Å². The van der Waals surface area contributed by atoms with Crippen LogP contribution in [-0.2, 0) is 12.8 Å². The van der Waals surface area contributed by atoms with Gasteiger partial charge in [0, 0.05) is 0 Å². The summed E-state index contributed by atoms with van der Waals surface area (Å²) in [5, 5.41) is 2.61. The first-order valence-corrected chi connectivity index (χ1v) is 13.6. The summed E-state index contributed by atoms with van der Waals surface area (Å²) in [6.07, 6.45) is 15.6. The minimum Gasteiger partial charge on any atom is -0.0991 e. The maximum absolute atomic E-state index is 3.72. The third kappa shape index (κ3) is 7.20. The van der Waals surface area contributed by atoms with Crippen molar-refractivity contribution in [3.63, 3.8) is 0 Å². The molecule has 0 N–H and O–H groups in total. The molecule has 0 nitrogen and oxygen atoms in total. The monoisotopic (exact) mass is 494 g/mol. The van der Waals surface area contributed by atoms with Gasteiger partial charge in [-0.25, -0.2) is 0 Å². The third-order valence-electron chi connectivity index (χ3n) is 7.04. The summed E-state index contributed by atoms with van der Waals surface area (Å²) < 4.78 is 0. The van der Waals surface area contributed by atoms with E-state index in [2.05, 4.69) is 124 Å². The zero-order valence-electron chi connectivity index (χ0n) is 23.0. The standard InChI is InChI=1S/C31H30.C7H8/c1-4-6-7-10-24-13-14-30-22-31(18-17-29(30)20-24)28-16-15-26(23(3)19-28)21-27-12-9-8-11-25(27)5-2;1-7-5-3-2-4-6-7/h4,6-12,14-20,22H,1,5,13,21H2,2-3H3;2-6H,1H3/b7-6-,24-10+;. The lowest BCUT2D eigenvalue weighted by Gasteiger charge is -2.12. The van der Waals surface area contributed by atoms with Gasteiger partial charge in [0.15, 0.2) is 0 Å². The van der Waals surface area contributed by atoms with Crippen molar-refractivity contribution in [2.75, 3.05) is 0 Å². The molecule has 1 aliphatic rings. The van der Waals surface area contributed by atoms with Crippen molar-refractivity contribution < 1.29 is 0 Å². The van der Waals surface area contributed by atoms with Crippen LogP contribution in [0.3, 0.4) is 0 Å². The van der Waals surface area contributed by atoms with Crippen molar-refractivity contribution in [2.24, 2.45) is 0 Å². The molecule has 0 aromatic heterocycles. The van der Waals surface area contributed by atoms with Crippen LogP contribution in [0.5, 0.6) is 0 Å². The molecule has 0 fully saturated rings. The Kier molecular flexibility index (Phi) is 9.48. The number of benzene rings is 4. The Balaban J connectivity index is 0.000000417. The van der Waals surface area contributed by atoms with Crippen LogP contribution >= 0.6 is 0 Å². The van der Waals surface area contributed by atoms with E-state index in [1.54, 1.807) is 6.08 Å². The van der Waals surface area contributed by atoms with Crippen LogP contribution in [0.25, 0.3) is 23.3 Å². The Hall–Kier alpha value is -4.16. The largest absolute Gasteiger partial charge is 0.0991 e. The molecule has 190 valence electrons. The first-order valence-electron chi connectivity index (χ1n) is 13.6. The number of hydrogen-bond donors (Lipinski definition) is 0. The van der Waals surface area contributed by atoms with Gasteiger partial charge in [0.2, 0.25) is 0 Å². The number of fused-ring (bicyclic) bond motifs is 1. The van der Waals surface area contributed by atoms with E-state index < -0.39 is 0 Å².